The number of nitrogens with zero attached hydrogens (tertiary/aromatic N) is 1. The second-order valence-corrected chi connectivity index (χ2v) is 6.41. The number of carbonyl (C=O) groups is 1. The summed E-state index contributed by atoms with van der Waals surface area (Å²) in [4.78, 5) is 14.1. The number of aliphatic hydroxyl groups is 1. The highest BCUT2D eigenvalue weighted by Gasteiger charge is 2.52. The fourth-order valence-corrected chi connectivity index (χ4v) is 3.79. The Morgan fingerprint density at radius 2 is 2.21 bits per heavy atom. The second-order valence-electron chi connectivity index (χ2n) is 6.41. The first kappa shape index (κ1) is 17.1. The lowest BCUT2D eigenvalue weighted by atomic mass is 9.79. The minimum atomic E-state index is -0.844. The van der Waals surface area contributed by atoms with Gasteiger partial charge in [-0.15, -0.1) is 0 Å². The number of likely N-dealkylation sites (tertiary alicyclic amines) is 1. The molecule has 2 aliphatic rings. The van der Waals surface area contributed by atoms with Crippen molar-refractivity contribution in [1.82, 2.24) is 4.90 Å². The zero-order chi connectivity index (χ0) is 17.3. The van der Waals surface area contributed by atoms with Crippen LogP contribution in [0.4, 0.5) is 8.78 Å². The van der Waals surface area contributed by atoms with Crippen LogP contribution in [0.2, 0.25) is 0 Å². The summed E-state index contributed by atoms with van der Waals surface area (Å²) in [6, 6.07) is 2.74. The van der Waals surface area contributed by atoms with Gasteiger partial charge in [0, 0.05) is 19.7 Å². The number of halogens is 2. The van der Waals surface area contributed by atoms with Crippen molar-refractivity contribution in [2.24, 2.45) is 0 Å². The van der Waals surface area contributed by atoms with Gasteiger partial charge in [0.1, 0.15) is 5.82 Å². The number of amides is 1. The zero-order valence-corrected chi connectivity index (χ0v) is 13.5. The van der Waals surface area contributed by atoms with Crippen LogP contribution in [0.25, 0.3) is 0 Å². The molecule has 24 heavy (non-hydrogen) atoms. The Morgan fingerprint density at radius 3 is 2.92 bits per heavy atom. The van der Waals surface area contributed by atoms with E-state index in [4.69, 9.17) is 9.47 Å². The van der Waals surface area contributed by atoms with Crippen LogP contribution in [0.1, 0.15) is 25.7 Å². The predicted octanol–water partition coefficient (Wildman–Crippen LogP) is 1.87. The minimum absolute atomic E-state index is 0.161. The van der Waals surface area contributed by atoms with Crippen LogP contribution < -0.4 is 4.74 Å². The van der Waals surface area contributed by atoms with Crippen LogP contribution in [0.15, 0.2) is 18.2 Å². The summed E-state index contributed by atoms with van der Waals surface area (Å²) < 4.78 is 37.3. The zero-order valence-electron chi connectivity index (χ0n) is 13.5. The molecule has 3 rings (SSSR count). The van der Waals surface area contributed by atoms with Crippen LogP contribution in [-0.2, 0) is 9.53 Å². The topological polar surface area (TPSA) is 59.0 Å². The third-order valence-corrected chi connectivity index (χ3v) is 5.13. The van der Waals surface area contributed by atoms with Crippen LogP contribution >= 0.6 is 0 Å². The number of ether oxygens (including phenoxy) is 2. The summed E-state index contributed by atoms with van der Waals surface area (Å²) in [6.07, 6.45) is 2.07. The van der Waals surface area contributed by atoms with Gasteiger partial charge in [0.05, 0.1) is 17.7 Å². The van der Waals surface area contributed by atoms with Crippen molar-refractivity contribution in [1.29, 1.82) is 0 Å². The molecule has 0 bridgehead atoms. The highest BCUT2D eigenvalue weighted by Crippen LogP contribution is 2.42. The van der Waals surface area contributed by atoms with E-state index in [1.165, 1.54) is 0 Å². The summed E-state index contributed by atoms with van der Waals surface area (Å²) in [7, 11) is 1.63. The van der Waals surface area contributed by atoms with E-state index in [-0.39, 0.29) is 24.3 Å². The Hall–Kier alpha value is -1.73. The van der Waals surface area contributed by atoms with Gasteiger partial charge < -0.3 is 19.5 Å². The largest absolute Gasteiger partial charge is 0.481 e. The van der Waals surface area contributed by atoms with Crippen molar-refractivity contribution in [3.63, 3.8) is 0 Å². The van der Waals surface area contributed by atoms with Gasteiger partial charge in [-0.3, -0.25) is 4.79 Å². The van der Waals surface area contributed by atoms with Crippen molar-refractivity contribution >= 4 is 5.91 Å². The fourth-order valence-electron chi connectivity index (χ4n) is 3.79. The summed E-state index contributed by atoms with van der Waals surface area (Å²) in [5, 5.41) is 9.93. The van der Waals surface area contributed by atoms with E-state index < -0.39 is 23.3 Å². The third kappa shape index (κ3) is 3.10. The molecule has 132 valence electrons. The Morgan fingerprint density at radius 1 is 1.42 bits per heavy atom. The van der Waals surface area contributed by atoms with E-state index >= 15 is 0 Å². The molecule has 1 saturated heterocycles. The van der Waals surface area contributed by atoms with Crippen molar-refractivity contribution < 1.29 is 28.2 Å². The maximum absolute atomic E-state index is 13.6. The van der Waals surface area contributed by atoms with Gasteiger partial charge in [0.25, 0.3) is 5.91 Å². The van der Waals surface area contributed by atoms with Gasteiger partial charge in [-0.05, 0) is 37.8 Å². The normalized spacial score (nSPS) is 29.4. The van der Waals surface area contributed by atoms with E-state index in [1.54, 1.807) is 12.0 Å². The Kier molecular flexibility index (Phi) is 4.73. The van der Waals surface area contributed by atoms with Crippen molar-refractivity contribution in [2.45, 2.75) is 43.4 Å². The Balaban J connectivity index is 1.66. The molecule has 1 N–H and O–H groups in total. The maximum Gasteiger partial charge on any atom is 0.260 e. The van der Waals surface area contributed by atoms with Crippen molar-refractivity contribution in [3.8, 4) is 5.75 Å². The maximum atomic E-state index is 13.6. The number of carbonyl (C=O) groups excluding carboxylic acids is 1. The summed E-state index contributed by atoms with van der Waals surface area (Å²) in [5.41, 5.74) is -0.421. The number of methoxy groups -OCH3 is 1. The average molecular weight is 341 g/mol. The molecule has 2 fully saturated rings. The second kappa shape index (κ2) is 6.64. The molecule has 1 aromatic carbocycles. The molecule has 1 aromatic rings. The lowest BCUT2D eigenvalue weighted by Gasteiger charge is -2.42. The average Bonchev–Trinajstić information content (AvgIpc) is 2.93. The quantitative estimate of drug-likeness (QED) is 0.908. The molecule has 7 heteroatoms. The van der Waals surface area contributed by atoms with E-state index in [1.807, 2.05) is 0 Å². The standard InChI is InChI=1S/C17H21F2NO4/c1-23-17-5-4-12(21)9-15(17)20(7-6-17)16(22)10-24-14-3-2-11(18)8-13(14)19/h2-3,8,12,15,21H,4-7,9-10H2,1H3/t12-,15-,17+/m0/s1. The van der Waals surface area contributed by atoms with Gasteiger partial charge in [0.15, 0.2) is 18.2 Å². The smallest absolute Gasteiger partial charge is 0.260 e. The van der Waals surface area contributed by atoms with E-state index in [0.29, 0.717) is 38.3 Å². The SMILES string of the molecule is CO[C@@]12CC[C@H](O)C[C@@H]1N(C(=O)COc1ccc(F)cc1F)CC2. The number of benzene rings is 1. The van der Waals surface area contributed by atoms with Crippen molar-refractivity contribution in [2.75, 3.05) is 20.3 Å². The monoisotopic (exact) mass is 341 g/mol. The molecule has 0 radical (unpaired) electrons. The number of hydrogen-bond acceptors (Lipinski definition) is 4. The van der Waals surface area contributed by atoms with Crippen LogP contribution in [0, 0.1) is 11.6 Å². The molecule has 1 aliphatic carbocycles. The van der Waals surface area contributed by atoms with E-state index in [9.17, 15) is 18.7 Å². The van der Waals surface area contributed by atoms with E-state index in [0.717, 1.165) is 12.1 Å². The first-order chi connectivity index (χ1) is 11.4. The number of hydrogen-bond donors (Lipinski definition) is 1. The van der Waals surface area contributed by atoms with Gasteiger partial charge in [-0.25, -0.2) is 8.78 Å². The van der Waals surface area contributed by atoms with E-state index in [2.05, 4.69) is 0 Å². The van der Waals surface area contributed by atoms with Gasteiger partial charge in [-0.2, -0.15) is 0 Å². The molecular weight excluding hydrogens is 320 g/mol. The lowest BCUT2D eigenvalue weighted by Crippen LogP contribution is -2.53. The summed E-state index contributed by atoms with van der Waals surface area (Å²) in [6.45, 7) is 0.175. The van der Waals surface area contributed by atoms with Crippen LogP contribution in [0.3, 0.4) is 0 Å². The molecule has 1 amide bonds. The van der Waals surface area contributed by atoms with Crippen LogP contribution in [-0.4, -0.2) is 53.9 Å². The first-order valence-corrected chi connectivity index (χ1v) is 8.06. The van der Waals surface area contributed by atoms with Gasteiger partial charge in [0.2, 0.25) is 0 Å². The lowest BCUT2D eigenvalue weighted by molar-refractivity contribution is -0.141. The molecule has 0 aromatic heterocycles. The highest BCUT2D eigenvalue weighted by atomic mass is 19.1. The number of aliphatic hydroxyl groups excluding tert-OH is 1. The number of fused-ring (bicyclic) bond motifs is 1. The Labute approximate surface area is 139 Å². The van der Waals surface area contributed by atoms with Crippen LogP contribution in [0.5, 0.6) is 5.75 Å². The minimum Gasteiger partial charge on any atom is -0.481 e. The Bertz CT molecular complexity index is 627. The molecule has 3 atom stereocenters. The molecule has 0 unspecified atom stereocenters. The molecule has 1 saturated carbocycles. The first-order valence-electron chi connectivity index (χ1n) is 8.06. The van der Waals surface area contributed by atoms with Gasteiger partial charge in [-0.1, -0.05) is 0 Å². The predicted molar refractivity (Wildman–Crippen MR) is 81.6 cm³/mol. The van der Waals surface area contributed by atoms with Gasteiger partial charge >= 0.3 is 0 Å². The number of rotatable bonds is 4. The molecule has 1 heterocycles. The fraction of sp³-hybridized carbons (Fsp3) is 0.588. The molecule has 1 aliphatic heterocycles. The molecular formula is C17H21F2NO4. The molecule has 5 nitrogen and oxygen atoms in total. The summed E-state index contributed by atoms with van der Waals surface area (Å²) >= 11 is 0. The third-order valence-electron chi connectivity index (χ3n) is 5.13. The highest BCUT2D eigenvalue weighted by molar-refractivity contribution is 5.78. The summed E-state index contributed by atoms with van der Waals surface area (Å²) in [5.74, 6) is -2.00. The van der Waals surface area contributed by atoms with Crippen molar-refractivity contribution in [3.05, 3.63) is 29.8 Å². The molecule has 0 spiro atoms.